The Labute approximate surface area is 137 Å². The minimum atomic E-state index is -0.367. The maximum absolute atomic E-state index is 13.4. The molecular weight excluding hydrogens is 357 g/mol. The van der Waals surface area contributed by atoms with Gasteiger partial charge in [-0.2, -0.15) is 0 Å². The number of ether oxygens (including phenoxy) is 1. The minimum absolute atomic E-state index is 0.0489. The van der Waals surface area contributed by atoms with E-state index < -0.39 is 0 Å². The Morgan fingerprint density at radius 3 is 2.71 bits per heavy atom. The Morgan fingerprint density at radius 1 is 1.29 bits per heavy atom. The van der Waals surface area contributed by atoms with Crippen LogP contribution < -0.4 is 10.5 Å². The van der Waals surface area contributed by atoms with Crippen LogP contribution in [0, 0.1) is 5.82 Å². The van der Waals surface area contributed by atoms with Crippen LogP contribution in [-0.4, -0.2) is 6.04 Å². The van der Waals surface area contributed by atoms with Crippen molar-refractivity contribution in [1.29, 1.82) is 0 Å². The molecule has 2 aromatic rings. The normalized spacial score (nSPS) is 12.2. The smallest absolute Gasteiger partial charge is 0.132 e. The van der Waals surface area contributed by atoms with E-state index in [-0.39, 0.29) is 11.9 Å². The van der Waals surface area contributed by atoms with Gasteiger partial charge in [-0.25, -0.2) is 4.39 Å². The molecule has 2 rings (SSSR count). The predicted octanol–water partition coefficient (Wildman–Crippen LogP) is 5.31. The summed E-state index contributed by atoms with van der Waals surface area (Å²) in [5.74, 6) is 0.646. The van der Waals surface area contributed by atoms with E-state index in [0.717, 1.165) is 12.0 Å². The summed E-state index contributed by atoms with van der Waals surface area (Å²) < 4.78 is 19.8. The van der Waals surface area contributed by atoms with Crippen LogP contribution in [0.1, 0.15) is 18.9 Å². The molecule has 2 N–H and O–H groups in total. The predicted molar refractivity (Wildman–Crippen MR) is 87.6 cm³/mol. The van der Waals surface area contributed by atoms with E-state index in [2.05, 4.69) is 15.9 Å². The lowest BCUT2D eigenvalue weighted by Crippen LogP contribution is -2.21. The van der Waals surface area contributed by atoms with Crippen molar-refractivity contribution in [2.75, 3.05) is 0 Å². The standard InChI is InChI=1S/C16H16BrClFNO/c1-2-14(20)5-10-3-4-12(18)8-16(10)21-15-7-11(17)6-13(19)9-15/h3-4,6-9,14H,2,5,20H2,1H3. The summed E-state index contributed by atoms with van der Waals surface area (Å²) in [4.78, 5) is 0. The summed E-state index contributed by atoms with van der Waals surface area (Å²) >= 11 is 9.27. The molecule has 21 heavy (non-hydrogen) atoms. The molecule has 112 valence electrons. The molecule has 0 bridgehead atoms. The molecule has 2 aromatic carbocycles. The summed E-state index contributed by atoms with van der Waals surface area (Å²) in [6.07, 6.45) is 1.55. The summed E-state index contributed by atoms with van der Waals surface area (Å²) in [6.45, 7) is 2.03. The molecule has 1 atom stereocenters. The Balaban J connectivity index is 2.31. The highest BCUT2D eigenvalue weighted by Gasteiger charge is 2.11. The van der Waals surface area contributed by atoms with Crippen molar-refractivity contribution in [3.8, 4) is 11.5 Å². The van der Waals surface area contributed by atoms with Gasteiger partial charge in [-0.1, -0.05) is 40.5 Å². The van der Waals surface area contributed by atoms with Crippen LogP contribution in [0.4, 0.5) is 4.39 Å². The lowest BCUT2D eigenvalue weighted by atomic mass is 10.0. The van der Waals surface area contributed by atoms with Crippen LogP contribution in [0.5, 0.6) is 11.5 Å². The third-order valence-corrected chi connectivity index (χ3v) is 3.79. The average molecular weight is 373 g/mol. The highest BCUT2D eigenvalue weighted by atomic mass is 79.9. The third kappa shape index (κ3) is 4.70. The van der Waals surface area contributed by atoms with Crippen molar-refractivity contribution >= 4 is 27.5 Å². The van der Waals surface area contributed by atoms with Gasteiger partial charge in [0.2, 0.25) is 0 Å². The van der Waals surface area contributed by atoms with Crippen LogP contribution in [0.25, 0.3) is 0 Å². The lowest BCUT2D eigenvalue weighted by Gasteiger charge is -2.15. The highest BCUT2D eigenvalue weighted by Crippen LogP contribution is 2.31. The van der Waals surface area contributed by atoms with Crippen molar-refractivity contribution in [3.63, 3.8) is 0 Å². The molecule has 0 aliphatic carbocycles. The summed E-state index contributed by atoms with van der Waals surface area (Å²) in [7, 11) is 0. The van der Waals surface area contributed by atoms with E-state index in [9.17, 15) is 4.39 Å². The van der Waals surface area contributed by atoms with Gasteiger partial charge < -0.3 is 10.5 Å². The van der Waals surface area contributed by atoms with Crippen LogP contribution in [-0.2, 0) is 6.42 Å². The van der Waals surface area contributed by atoms with E-state index in [4.69, 9.17) is 22.1 Å². The molecule has 1 unspecified atom stereocenters. The minimum Gasteiger partial charge on any atom is -0.457 e. The lowest BCUT2D eigenvalue weighted by molar-refractivity contribution is 0.466. The van der Waals surface area contributed by atoms with E-state index in [1.807, 2.05) is 13.0 Å². The maximum atomic E-state index is 13.4. The largest absolute Gasteiger partial charge is 0.457 e. The fraction of sp³-hybridized carbons (Fsp3) is 0.250. The number of benzene rings is 2. The molecule has 0 fully saturated rings. The van der Waals surface area contributed by atoms with Gasteiger partial charge in [-0.3, -0.25) is 0 Å². The second kappa shape index (κ2) is 7.25. The topological polar surface area (TPSA) is 35.2 Å². The summed E-state index contributed by atoms with van der Waals surface area (Å²) in [5.41, 5.74) is 6.95. The zero-order valence-electron chi connectivity index (χ0n) is 11.6. The zero-order valence-corrected chi connectivity index (χ0v) is 13.9. The monoisotopic (exact) mass is 371 g/mol. The molecule has 2 nitrogen and oxygen atoms in total. The second-order valence-electron chi connectivity index (χ2n) is 4.83. The van der Waals surface area contributed by atoms with Gasteiger partial charge in [0.15, 0.2) is 0 Å². The Hall–Kier alpha value is -1.10. The van der Waals surface area contributed by atoms with Gasteiger partial charge in [-0.15, -0.1) is 0 Å². The Kier molecular flexibility index (Phi) is 5.62. The van der Waals surface area contributed by atoms with Gasteiger partial charge >= 0.3 is 0 Å². The van der Waals surface area contributed by atoms with E-state index in [1.54, 1.807) is 18.2 Å². The first-order chi connectivity index (χ1) is 9.97. The number of hydrogen-bond acceptors (Lipinski definition) is 2. The molecule has 0 aromatic heterocycles. The average Bonchev–Trinajstić information content (AvgIpc) is 2.40. The van der Waals surface area contributed by atoms with Gasteiger partial charge in [0.25, 0.3) is 0 Å². The van der Waals surface area contributed by atoms with Gasteiger partial charge in [-0.05, 0) is 42.7 Å². The summed E-state index contributed by atoms with van der Waals surface area (Å²) in [6, 6.07) is 9.86. The fourth-order valence-electron chi connectivity index (χ4n) is 1.93. The Bertz CT molecular complexity index is 615. The molecule has 0 radical (unpaired) electrons. The van der Waals surface area contributed by atoms with E-state index in [0.29, 0.717) is 27.4 Å². The Morgan fingerprint density at radius 2 is 2.05 bits per heavy atom. The number of rotatable bonds is 5. The van der Waals surface area contributed by atoms with Crippen molar-refractivity contribution in [3.05, 3.63) is 57.3 Å². The van der Waals surface area contributed by atoms with Crippen molar-refractivity contribution in [2.24, 2.45) is 5.73 Å². The molecule has 0 heterocycles. The SMILES string of the molecule is CCC(N)Cc1ccc(Cl)cc1Oc1cc(F)cc(Br)c1. The zero-order chi connectivity index (χ0) is 15.4. The maximum Gasteiger partial charge on any atom is 0.132 e. The molecule has 5 heteroatoms. The molecule has 0 aliphatic rings. The molecule has 0 saturated heterocycles. The molecule has 0 amide bonds. The number of nitrogens with two attached hydrogens (primary N) is 1. The first-order valence-corrected chi connectivity index (χ1v) is 7.83. The third-order valence-electron chi connectivity index (χ3n) is 3.10. The quantitative estimate of drug-likeness (QED) is 0.771. The van der Waals surface area contributed by atoms with E-state index in [1.165, 1.54) is 12.1 Å². The number of hydrogen-bond donors (Lipinski definition) is 1. The number of halogens is 3. The molecule has 0 spiro atoms. The van der Waals surface area contributed by atoms with Crippen LogP contribution in [0.15, 0.2) is 40.9 Å². The van der Waals surface area contributed by atoms with Gasteiger partial charge in [0.1, 0.15) is 17.3 Å². The van der Waals surface area contributed by atoms with Gasteiger partial charge in [0, 0.05) is 21.6 Å². The summed E-state index contributed by atoms with van der Waals surface area (Å²) in [5, 5.41) is 0.564. The van der Waals surface area contributed by atoms with Gasteiger partial charge in [0.05, 0.1) is 0 Å². The fourth-order valence-corrected chi connectivity index (χ4v) is 2.54. The van der Waals surface area contributed by atoms with Crippen LogP contribution >= 0.6 is 27.5 Å². The molecule has 0 saturated carbocycles. The van der Waals surface area contributed by atoms with Crippen LogP contribution in [0.3, 0.4) is 0 Å². The molecule has 0 aliphatic heterocycles. The molecular formula is C16H16BrClFNO. The van der Waals surface area contributed by atoms with Crippen molar-refractivity contribution in [2.45, 2.75) is 25.8 Å². The van der Waals surface area contributed by atoms with Crippen LogP contribution in [0.2, 0.25) is 5.02 Å². The first kappa shape index (κ1) is 16.3. The van der Waals surface area contributed by atoms with Crippen molar-refractivity contribution < 1.29 is 9.13 Å². The highest BCUT2D eigenvalue weighted by molar-refractivity contribution is 9.10. The van der Waals surface area contributed by atoms with Crippen molar-refractivity contribution in [1.82, 2.24) is 0 Å². The van der Waals surface area contributed by atoms with E-state index >= 15 is 0 Å². The first-order valence-electron chi connectivity index (χ1n) is 6.66. The second-order valence-corrected chi connectivity index (χ2v) is 6.18.